The molecule has 0 radical (unpaired) electrons. The number of nitrogens with zero attached hydrogens (tertiary/aromatic N) is 2. The van der Waals surface area contributed by atoms with Crippen LogP contribution in [0.2, 0.25) is 0 Å². The molecule has 2 N–H and O–H groups in total. The number of thiocarbonyl (C=S) groups is 1. The summed E-state index contributed by atoms with van der Waals surface area (Å²) >= 11 is 12.5. The summed E-state index contributed by atoms with van der Waals surface area (Å²) < 4.78 is 9.12. The van der Waals surface area contributed by atoms with Crippen LogP contribution in [-0.2, 0) is 6.61 Å². The Labute approximate surface area is 248 Å². The summed E-state index contributed by atoms with van der Waals surface area (Å²) in [6.45, 7) is 4.17. The predicted octanol–water partition coefficient (Wildman–Crippen LogP) is 7.92. The highest BCUT2D eigenvalue weighted by atomic mass is 79.9. The number of benzene rings is 4. The number of halogens is 2. The van der Waals surface area contributed by atoms with Crippen LogP contribution in [0, 0.1) is 13.8 Å². The first-order valence-corrected chi connectivity index (χ1v) is 14.1. The van der Waals surface area contributed by atoms with Crippen molar-refractivity contribution in [3.8, 4) is 11.4 Å². The van der Waals surface area contributed by atoms with Crippen molar-refractivity contribution >= 4 is 71.5 Å². The number of hydrogen-bond donors (Lipinski definition) is 2. The molecular formula is C30H24Br2N4O2S. The van der Waals surface area contributed by atoms with Gasteiger partial charge in [0.2, 0.25) is 0 Å². The fourth-order valence-electron chi connectivity index (χ4n) is 4.03. The summed E-state index contributed by atoms with van der Waals surface area (Å²) in [4.78, 5) is 18.6. The van der Waals surface area contributed by atoms with E-state index in [-0.39, 0.29) is 12.2 Å². The normalized spacial score (nSPS) is 10.9. The van der Waals surface area contributed by atoms with Gasteiger partial charge < -0.3 is 15.4 Å². The number of anilines is 2. The van der Waals surface area contributed by atoms with Crippen LogP contribution in [0.1, 0.15) is 17.0 Å². The van der Waals surface area contributed by atoms with Crippen molar-refractivity contribution in [2.24, 2.45) is 0 Å². The van der Waals surface area contributed by atoms with E-state index in [1.165, 1.54) is 5.56 Å². The first kappa shape index (κ1) is 27.1. The molecule has 0 atom stereocenters. The molecule has 5 aromatic rings. The van der Waals surface area contributed by atoms with Crippen LogP contribution < -0.4 is 20.9 Å². The maximum absolute atomic E-state index is 13.8. The summed E-state index contributed by atoms with van der Waals surface area (Å²) in [6, 6.07) is 26.9. The topological polar surface area (TPSA) is 68.2 Å². The molecule has 0 aliphatic carbocycles. The van der Waals surface area contributed by atoms with Crippen molar-refractivity contribution in [2.75, 3.05) is 10.6 Å². The number of nitrogens with one attached hydrogen (secondary N) is 2. The maximum atomic E-state index is 13.8. The number of ether oxygens (including phenoxy) is 1. The highest BCUT2D eigenvalue weighted by Crippen LogP contribution is 2.27. The molecule has 1 aromatic heterocycles. The molecule has 0 saturated carbocycles. The molecule has 1 heterocycles. The van der Waals surface area contributed by atoms with E-state index in [0.717, 1.165) is 25.9 Å². The molecular weight excluding hydrogens is 640 g/mol. The quantitative estimate of drug-likeness (QED) is 0.180. The van der Waals surface area contributed by atoms with Gasteiger partial charge in [-0.05, 0) is 103 Å². The summed E-state index contributed by atoms with van der Waals surface area (Å²) in [6.07, 6.45) is 0. The molecule has 4 aromatic carbocycles. The van der Waals surface area contributed by atoms with Crippen LogP contribution in [0.4, 0.5) is 11.4 Å². The molecule has 6 nitrogen and oxygen atoms in total. The van der Waals surface area contributed by atoms with Gasteiger partial charge in [0.25, 0.3) is 5.56 Å². The average molecular weight is 664 g/mol. The Bertz CT molecular complexity index is 1720. The van der Waals surface area contributed by atoms with Crippen LogP contribution in [0.3, 0.4) is 0 Å². The molecule has 39 heavy (non-hydrogen) atoms. The van der Waals surface area contributed by atoms with E-state index in [0.29, 0.717) is 33.3 Å². The largest absolute Gasteiger partial charge is 0.486 e. The molecule has 0 saturated heterocycles. The minimum absolute atomic E-state index is 0.112. The standard InChI is InChI=1S/C30H24Br2N4O2S/c1-18-3-7-21(8-4-18)33-30(39)34-22-9-11-23(12-10-22)36-27(17-38-24-13-5-19(2)6-14-24)35-28-25(29(36)37)15-20(31)16-26(28)32/h3-16H,17H2,1-2H3,(H2,33,34,39). The minimum atomic E-state index is -0.193. The first-order valence-electron chi connectivity index (χ1n) is 12.1. The number of aromatic nitrogens is 2. The second-order valence-corrected chi connectivity index (χ2v) is 11.2. The Balaban J connectivity index is 1.46. The summed E-state index contributed by atoms with van der Waals surface area (Å²) in [7, 11) is 0. The van der Waals surface area contributed by atoms with Crippen molar-refractivity contribution < 1.29 is 4.74 Å². The predicted molar refractivity (Wildman–Crippen MR) is 169 cm³/mol. The average Bonchev–Trinajstić information content (AvgIpc) is 2.91. The zero-order valence-electron chi connectivity index (χ0n) is 21.2. The van der Waals surface area contributed by atoms with E-state index >= 15 is 0 Å². The third kappa shape index (κ3) is 6.38. The highest BCUT2D eigenvalue weighted by Gasteiger charge is 2.16. The Morgan fingerprint density at radius 1 is 0.872 bits per heavy atom. The fraction of sp³-hybridized carbons (Fsp3) is 0.100. The van der Waals surface area contributed by atoms with E-state index in [2.05, 4.69) is 42.5 Å². The molecule has 9 heteroatoms. The zero-order chi connectivity index (χ0) is 27.5. The lowest BCUT2D eigenvalue weighted by Crippen LogP contribution is -2.25. The molecule has 0 aliphatic rings. The monoisotopic (exact) mass is 662 g/mol. The Hall–Kier alpha value is -3.53. The second kappa shape index (κ2) is 11.7. The Kier molecular flexibility index (Phi) is 8.11. The van der Waals surface area contributed by atoms with Crippen molar-refractivity contribution in [1.82, 2.24) is 9.55 Å². The molecule has 0 bridgehead atoms. The van der Waals surface area contributed by atoms with Crippen molar-refractivity contribution in [2.45, 2.75) is 20.5 Å². The number of fused-ring (bicyclic) bond motifs is 1. The van der Waals surface area contributed by atoms with Gasteiger partial charge in [-0.25, -0.2) is 4.98 Å². The van der Waals surface area contributed by atoms with Gasteiger partial charge in [0.15, 0.2) is 10.9 Å². The fourth-order valence-corrected chi connectivity index (χ4v) is 5.58. The molecule has 0 aliphatic heterocycles. The molecule has 5 rings (SSSR count). The third-order valence-electron chi connectivity index (χ3n) is 6.04. The van der Waals surface area contributed by atoms with Gasteiger partial charge >= 0.3 is 0 Å². The van der Waals surface area contributed by atoms with E-state index in [9.17, 15) is 4.79 Å². The van der Waals surface area contributed by atoms with Crippen molar-refractivity contribution in [3.63, 3.8) is 0 Å². The Morgan fingerprint density at radius 2 is 1.44 bits per heavy atom. The minimum Gasteiger partial charge on any atom is -0.486 e. The van der Waals surface area contributed by atoms with Gasteiger partial charge in [-0.3, -0.25) is 9.36 Å². The smallest absolute Gasteiger partial charge is 0.266 e. The number of aryl methyl sites for hydroxylation is 2. The van der Waals surface area contributed by atoms with Crippen LogP contribution in [0.15, 0.2) is 98.7 Å². The number of hydrogen-bond acceptors (Lipinski definition) is 4. The van der Waals surface area contributed by atoms with E-state index < -0.39 is 0 Å². The SMILES string of the molecule is Cc1ccc(NC(=S)Nc2ccc(-n3c(COc4ccc(C)cc4)nc4c(Br)cc(Br)cc4c3=O)cc2)cc1. The van der Waals surface area contributed by atoms with E-state index in [4.69, 9.17) is 21.9 Å². The van der Waals surface area contributed by atoms with Gasteiger partial charge in [-0.15, -0.1) is 0 Å². The lowest BCUT2D eigenvalue weighted by Gasteiger charge is -2.16. The lowest BCUT2D eigenvalue weighted by molar-refractivity contribution is 0.292. The first-order chi connectivity index (χ1) is 18.8. The van der Waals surface area contributed by atoms with Gasteiger partial charge in [-0.1, -0.05) is 51.3 Å². The summed E-state index contributed by atoms with van der Waals surface area (Å²) in [5.74, 6) is 1.18. The molecule has 0 amide bonds. The van der Waals surface area contributed by atoms with Gasteiger partial charge in [-0.2, -0.15) is 0 Å². The Morgan fingerprint density at radius 3 is 2.05 bits per heavy atom. The van der Waals surface area contributed by atoms with Crippen LogP contribution in [-0.4, -0.2) is 14.7 Å². The summed E-state index contributed by atoms with van der Waals surface area (Å²) in [5.41, 5.74) is 5.05. The molecule has 0 fully saturated rings. The van der Waals surface area contributed by atoms with Gasteiger partial charge in [0, 0.05) is 20.3 Å². The van der Waals surface area contributed by atoms with E-state index in [1.807, 2.05) is 92.7 Å². The zero-order valence-corrected chi connectivity index (χ0v) is 25.2. The highest BCUT2D eigenvalue weighted by molar-refractivity contribution is 9.11. The third-order valence-corrected chi connectivity index (χ3v) is 7.31. The molecule has 0 unspecified atom stereocenters. The summed E-state index contributed by atoms with van der Waals surface area (Å²) in [5, 5.41) is 7.32. The van der Waals surface area contributed by atoms with Crippen LogP contribution in [0.25, 0.3) is 16.6 Å². The molecule has 196 valence electrons. The van der Waals surface area contributed by atoms with Crippen molar-refractivity contribution in [1.29, 1.82) is 0 Å². The van der Waals surface area contributed by atoms with E-state index in [1.54, 1.807) is 10.6 Å². The maximum Gasteiger partial charge on any atom is 0.266 e. The molecule has 0 spiro atoms. The van der Waals surface area contributed by atoms with Crippen LogP contribution in [0.5, 0.6) is 5.75 Å². The number of rotatable bonds is 6. The van der Waals surface area contributed by atoms with Gasteiger partial charge in [0.1, 0.15) is 12.4 Å². The lowest BCUT2D eigenvalue weighted by atomic mass is 10.2. The van der Waals surface area contributed by atoms with Crippen molar-refractivity contribution in [3.05, 3.63) is 121 Å². The van der Waals surface area contributed by atoms with Crippen LogP contribution >= 0.6 is 44.1 Å². The van der Waals surface area contributed by atoms with Gasteiger partial charge in [0.05, 0.1) is 16.6 Å². The second-order valence-electron chi connectivity index (χ2n) is 9.05.